The zero-order chi connectivity index (χ0) is 20.8. The van der Waals surface area contributed by atoms with Gasteiger partial charge < -0.3 is 19.5 Å². The Morgan fingerprint density at radius 2 is 1.50 bits per heavy atom. The molecular formula is C24H23N3O3. The van der Waals surface area contributed by atoms with E-state index in [1.807, 2.05) is 80.6 Å². The minimum absolute atomic E-state index is 0.543. The Hall–Kier alpha value is -3.80. The first-order chi connectivity index (χ1) is 14.8. The van der Waals surface area contributed by atoms with Crippen molar-refractivity contribution in [3.05, 3.63) is 73.1 Å². The molecule has 0 radical (unpaired) electrons. The average molecular weight is 401 g/mol. The van der Waals surface area contributed by atoms with Crippen LogP contribution in [0.5, 0.6) is 23.0 Å². The van der Waals surface area contributed by atoms with Crippen LogP contribution < -0.4 is 19.5 Å². The molecule has 0 atom stereocenters. The van der Waals surface area contributed by atoms with Crippen LogP contribution in [0, 0.1) is 0 Å². The lowest BCUT2D eigenvalue weighted by molar-refractivity contribution is 0.288. The minimum atomic E-state index is 0.543. The van der Waals surface area contributed by atoms with Gasteiger partial charge >= 0.3 is 0 Å². The maximum absolute atomic E-state index is 5.93. The smallest absolute Gasteiger partial charge is 0.163 e. The molecule has 0 amide bonds. The SMILES string of the molecule is CCOc1cc2ncnc(Nc3cccc(Oc4ccccc4)c3)c2cc1OCC. The molecule has 0 unspecified atom stereocenters. The fourth-order valence-corrected chi connectivity index (χ4v) is 3.10. The summed E-state index contributed by atoms with van der Waals surface area (Å²) in [6.07, 6.45) is 1.53. The number of hydrogen-bond donors (Lipinski definition) is 1. The number of nitrogens with zero attached hydrogens (tertiary/aromatic N) is 2. The summed E-state index contributed by atoms with van der Waals surface area (Å²) >= 11 is 0. The van der Waals surface area contributed by atoms with E-state index < -0.39 is 0 Å². The summed E-state index contributed by atoms with van der Waals surface area (Å²) in [5, 5.41) is 4.21. The van der Waals surface area contributed by atoms with Crippen molar-refractivity contribution in [1.29, 1.82) is 0 Å². The summed E-state index contributed by atoms with van der Waals surface area (Å²) < 4.78 is 17.4. The number of nitrogens with one attached hydrogen (secondary N) is 1. The van der Waals surface area contributed by atoms with Crippen LogP contribution in [0.3, 0.4) is 0 Å². The third-order valence-electron chi connectivity index (χ3n) is 4.38. The van der Waals surface area contributed by atoms with Gasteiger partial charge in [-0.3, -0.25) is 0 Å². The molecule has 0 aliphatic rings. The summed E-state index contributed by atoms with van der Waals surface area (Å²) in [7, 11) is 0. The summed E-state index contributed by atoms with van der Waals surface area (Å²) in [6, 6.07) is 21.2. The van der Waals surface area contributed by atoms with Gasteiger partial charge in [-0.2, -0.15) is 0 Å². The molecule has 0 aliphatic heterocycles. The Bertz CT molecular complexity index is 1130. The zero-order valence-electron chi connectivity index (χ0n) is 17.0. The fraction of sp³-hybridized carbons (Fsp3) is 0.167. The number of para-hydroxylation sites is 1. The second-order valence-electron chi connectivity index (χ2n) is 6.47. The third kappa shape index (κ3) is 4.43. The molecule has 6 heteroatoms. The Morgan fingerprint density at radius 1 is 0.767 bits per heavy atom. The topological polar surface area (TPSA) is 65.5 Å². The van der Waals surface area contributed by atoms with Crippen LogP contribution in [-0.4, -0.2) is 23.2 Å². The molecule has 0 fully saturated rings. The number of ether oxygens (including phenoxy) is 3. The van der Waals surface area contributed by atoms with Gasteiger partial charge in [-0.25, -0.2) is 9.97 Å². The first-order valence-electron chi connectivity index (χ1n) is 9.91. The molecule has 0 saturated heterocycles. The van der Waals surface area contributed by atoms with E-state index in [9.17, 15) is 0 Å². The van der Waals surface area contributed by atoms with Crippen LogP contribution in [0.1, 0.15) is 13.8 Å². The maximum Gasteiger partial charge on any atom is 0.163 e. The van der Waals surface area contributed by atoms with Gasteiger partial charge in [0, 0.05) is 23.2 Å². The summed E-state index contributed by atoms with van der Waals surface area (Å²) in [4.78, 5) is 8.82. The van der Waals surface area contributed by atoms with Gasteiger partial charge in [-0.15, -0.1) is 0 Å². The third-order valence-corrected chi connectivity index (χ3v) is 4.38. The van der Waals surface area contributed by atoms with Crippen LogP contribution >= 0.6 is 0 Å². The molecule has 1 N–H and O–H groups in total. The molecule has 0 spiro atoms. The Balaban J connectivity index is 1.65. The highest BCUT2D eigenvalue weighted by Gasteiger charge is 2.12. The number of aromatic nitrogens is 2. The highest BCUT2D eigenvalue weighted by Crippen LogP contribution is 2.35. The second kappa shape index (κ2) is 9.13. The van der Waals surface area contributed by atoms with Crippen LogP contribution in [0.25, 0.3) is 10.9 Å². The van der Waals surface area contributed by atoms with Crippen LogP contribution in [0.2, 0.25) is 0 Å². The van der Waals surface area contributed by atoms with Crippen LogP contribution in [0.15, 0.2) is 73.1 Å². The predicted octanol–water partition coefficient (Wildman–Crippen LogP) is 5.96. The average Bonchev–Trinajstić information content (AvgIpc) is 2.76. The Labute approximate surface area is 175 Å². The first kappa shape index (κ1) is 19.5. The van der Waals surface area contributed by atoms with E-state index in [1.54, 1.807) is 0 Å². The predicted molar refractivity (Wildman–Crippen MR) is 118 cm³/mol. The standard InChI is InChI=1S/C24H23N3O3/c1-3-28-22-14-20-21(15-23(22)29-4-2)25-16-26-24(20)27-17-9-8-12-19(13-17)30-18-10-6-5-7-11-18/h5-16H,3-4H2,1-2H3,(H,25,26,27). The Morgan fingerprint density at radius 3 is 2.27 bits per heavy atom. The van der Waals surface area contributed by atoms with Gasteiger partial charge in [0.2, 0.25) is 0 Å². The Kier molecular flexibility index (Phi) is 5.94. The molecule has 4 rings (SSSR count). The molecule has 6 nitrogen and oxygen atoms in total. The van der Waals surface area contributed by atoms with Gasteiger partial charge in [-0.05, 0) is 44.2 Å². The molecule has 1 heterocycles. The fourth-order valence-electron chi connectivity index (χ4n) is 3.10. The minimum Gasteiger partial charge on any atom is -0.490 e. The number of hydrogen-bond acceptors (Lipinski definition) is 6. The van der Waals surface area contributed by atoms with Gasteiger partial charge in [0.25, 0.3) is 0 Å². The summed E-state index contributed by atoms with van der Waals surface area (Å²) in [6.45, 7) is 4.98. The first-order valence-corrected chi connectivity index (χ1v) is 9.91. The van der Waals surface area contributed by atoms with E-state index in [4.69, 9.17) is 14.2 Å². The zero-order valence-corrected chi connectivity index (χ0v) is 17.0. The molecule has 0 saturated carbocycles. The van der Waals surface area contributed by atoms with Crippen molar-refractivity contribution >= 4 is 22.4 Å². The van der Waals surface area contributed by atoms with Crippen molar-refractivity contribution in [2.45, 2.75) is 13.8 Å². The van der Waals surface area contributed by atoms with Gasteiger partial charge in [-0.1, -0.05) is 24.3 Å². The van der Waals surface area contributed by atoms with E-state index >= 15 is 0 Å². The molecule has 152 valence electrons. The molecule has 0 bridgehead atoms. The van der Waals surface area contributed by atoms with Crippen molar-refractivity contribution in [3.8, 4) is 23.0 Å². The van der Waals surface area contributed by atoms with E-state index in [0.29, 0.717) is 30.5 Å². The monoisotopic (exact) mass is 401 g/mol. The van der Waals surface area contributed by atoms with E-state index in [2.05, 4.69) is 15.3 Å². The largest absolute Gasteiger partial charge is 0.490 e. The molecule has 0 aliphatic carbocycles. The lowest BCUT2D eigenvalue weighted by atomic mass is 10.2. The van der Waals surface area contributed by atoms with Crippen molar-refractivity contribution < 1.29 is 14.2 Å². The van der Waals surface area contributed by atoms with Gasteiger partial charge in [0.1, 0.15) is 23.6 Å². The van der Waals surface area contributed by atoms with Crippen LogP contribution in [0.4, 0.5) is 11.5 Å². The van der Waals surface area contributed by atoms with Crippen LogP contribution in [-0.2, 0) is 0 Å². The number of rotatable bonds is 8. The van der Waals surface area contributed by atoms with E-state index in [1.165, 1.54) is 6.33 Å². The number of anilines is 2. The molecule has 3 aromatic carbocycles. The lowest BCUT2D eigenvalue weighted by Gasteiger charge is -2.14. The molecule has 1 aromatic heterocycles. The second-order valence-corrected chi connectivity index (χ2v) is 6.47. The maximum atomic E-state index is 5.93. The number of benzene rings is 3. The summed E-state index contributed by atoms with van der Waals surface area (Å²) in [5.74, 6) is 3.55. The molecular weight excluding hydrogens is 378 g/mol. The van der Waals surface area contributed by atoms with Gasteiger partial charge in [0.05, 0.1) is 18.7 Å². The quantitative estimate of drug-likeness (QED) is 0.393. The van der Waals surface area contributed by atoms with Crippen molar-refractivity contribution in [2.24, 2.45) is 0 Å². The highest BCUT2D eigenvalue weighted by atomic mass is 16.5. The molecule has 4 aromatic rings. The van der Waals surface area contributed by atoms with Gasteiger partial charge in [0.15, 0.2) is 11.5 Å². The van der Waals surface area contributed by atoms with Crippen molar-refractivity contribution in [2.75, 3.05) is 18.5 Å². The summed E-state index contributed by atoms with van der Waals surface area (Å²) in [5.41, 5.74) is 1.63. The van der Waals surface area contributed by atoms with Crippen molar-refractivity contribution in [3.63, 3.8) is 0 Å². The van der Waals surface area contributed by atoms with E-state index in [-0.39, 0.29) is 0 Å². The van der Waals surface area contributed by atoms with E-state index in [0.717, 1.165) is 28.1 Å². The lowest BCUT2D eigenvalue weighted by Crippen LogP contribution is -2.01. The highest BCUT2D eigenvalue weighted by molar-refractivity contribution is 5.93. The normalized spacial score (nSPS) is 10.6. The molecule has 30 heavy (non-hydrogen) atoms. The number of fused-ring (bicyclic) bond motifs is 1. The van der Waals surface area contributed by atoms with Crippen molar-refractivity contribution in [1.82, 2.24) is 9.97 Å².